The standard InChI is InChI=1S/C15H18F3NO3S/c1-4-9-19(10-15(16,17)18)14(20)12-5-7-13(8-6-12)23(21,22)11(2)3/h4-8,11H,1,9-10H2,2-3H3. The van der Waals surface area contributed by atoms with Gasteiger partial charge in [-0.1, -0.05) is 6.08 Å². The Morgan fingerprint density at radius 2 is 1.78 bits per heavy atom. The maximum Gasteiger partial charge on any atom is 0.406 e. The fourth-order valence-corrected chi connectivity index (χ4v) is 2.89. The zero-order valence-electron chi connectivity index (χ0n) is 12.8. The molecule has 0 atom stereocenters. The zero-order chi connectivity index (χ0) is 17.8. The first kappa shape index (κ1) is 19.2. The van der Waals surface area contributed by atoms with Gasteiger partial charge in [0.25, 0.3) is 5.91 Å². The second kappa shape index (κ2) is 7.16. The van der Waals surface area contributed by atoms with Crippen LogP contribution in [-0.4, -0.2) is 43.7 Å². The Morgan fingerprint density at radius 1 is 1.26 bits per heavy atom. The van der Waals surface area contributed by atoms with Gasteiger partial charge in [-0.2, -0.15) is 13.2 Å². The van der Waals surface area contributed by atoms with Crippen molar-refractivity contribution in [3.8, 4) is 0 Å². The van der Waals surface area contributed by atoms with Crippen molar-refractivity contribution >= 4 is 15.7 Å². The van der Waals surface area contributed by atoms with E-state index in [0.29, 0.717) is 4.90 Å². The monoisotopic (exact) mass is 349 g/mol. The molecule has 0 aliphatic rings. The third-order valence-electron chi connectivity index (χ3n) is 3.06. The highest BCUT2D eigenvalue weighted by molar-refractivity contribution is 7.92. The zero-order valence-corrected chi connectivity index (χ0v) is 13.6. The molecule has 1 aromatic rings. The Labute approximate surface area is 133 Å². The van der Waals surface area contributed by atoms with E-state index < -0.39 is 33.7 Å². The summed E-state index contributed by atoms with van der Waals surface area (Å²) >= 11 is 0. The number of amides is 1. The predicted octanol–water partition coefficient (Wildman–Crippen LogP) is 3.06. The molecule has 8 heteroatoms. The van der Waals surface area contributed by atoms with Crippen LogP contribution in [-0.2, 0) is 9.84 Å². The van der Waals surface area contributed by atoms with Crippen LogP contribution < -0.4 is 0 Å². The molecular weight excluding hydrogens is 331 g/mol. The molecule has 0 bridgehead atoms. The third-order valence-corrected chi connectivity index (χ3v) is 5.23. The fraction of sp³-hybridized carbons (Fsp3) is 0.400. The van der Waals surface area contributed by atoms with Gasteiger partial charge in [0.15, 0.2) is 9.84 Å². The van der Waals surface area contributed by atoms with Crippen LogP contribution in [0.4, 0.5) is 13.2 Å². The van der Waals surface area contributed by atoms with Gasteiger partial charge in [-0.3, -0.25) is 4.79 Å². The molecule has 0 saturated heterocycles. The van der Waals surface area contributed by atoms with E-state index in [1.54, 1.807) is 0 Å². The Balaban J connectivity index is 3.06. The lowest BCUT2D eigenvalue weighted by Crippen LogP contribution is -2.39. The molecule has 0 saturated carbocycles. The van der Waals surface area contributed by atoms with Gasteiger partial charge >= 0.3 is 6.18 Å². The first-order chi connectivity index (χ1) is 10.5. The maximum absolute atomic E-state index is 12.5. The second-order valence-corrected chi connectivity index (χ2v) is 7.71. The van der Waals surface area contributed by atoms with Crippen LogP contribution in [0.1, 0.15) is 24.2 Å². The average molecular weight is 349 g/mol. The number of alkyl halides is 3. The van der Waals surface area contributed by atoms with Crippen molar-refractivity contribution in [1.29, 1.82) is 0 Å². The van der Waals surface area contributed by atoms with Crippen molar-refractivity contribution in [2.75, 3.05) is 13.1 Å². The van der Waals surface area contributed by atoms with Crippen LogP contribution >= 0.6 is 0 Å². The molecule has 1 rings (SSSR count). The molecule has 128 valence electrons. The Bertz CT molecular complexity index is 664. The summed E-state index contributed by atoms with van der Waals surface area (Å²) in [7, 11) is -3.50. The number of benzene rings is 1. The number of rotatable bonds is 6. The van der Waals surface area contributed by atoms with E-state index in [4.69, 9.17) is 0 Å². The molecule has 0 aromatic heterocycles. The van der Waals surface area contributed by atoms with Crippen LogP contribution in [0.2, 0.25) is 0 Å². The molecule has 0 radical (unpaired) electrons. The normalized spacial score (nSPS) is 12.3. The van der Waals surface area contributed by atoms with E-state index in [1.807, 2.05) is 0 Å². The molecular formula is C15H18F3NO3S. The summed E-state index contributed by atoms with van der Waals surface area (Å²) in [5, 5.41) is -0.633. The molecule has 0 unspecified atom stereocenters. The van der Waals surface area contributed by atoms with Gasteiger partial charge in [0.1, 0.15) is 6.54 Å². The van der Waals surface area contributed by atoms with Crippen LogP contribution in [0.25, 0.3) is 0 Å². The van der Waals surface area contributed by atoms with Gasteiger partial charge in [-0.05, 0) is 38.1 Å². The first-order valence-electron chi connectivity index (χ1n) is 6.80. The van der Waals surface area contributed by atoms with Crippen molar-refractivity contribution in [3.05, 3.63) is 42.5 Å². The first-order valence-corrected chi connectivity index (χ1v) is 8.34. The van der Waals surface area contributed by atoms with Crippen LogP contribution in [0, 0.1) is 0 Å². The number of hydrogen-bond acceptors (Lipinski definition) is 3. The molecule has 0 heterocycles. The highest BCUT2D eigenvalue weighted by atomic mass is 32.2. The smallest absolute Gasteiger partial charge is 0.326 e. The number of carbonyl (C=O) groups excluding carboxylic acids is 1. The third kappa shape index (κ3) is 5.09. The topological polar surface area (TPSA) is 54.5 Å². The van der Waals surface area contributed by atoms with Gasteiger partial charge in [-0.15, -0.1) is 6.58 Å². The highest BCUT2D eigenvalue weighted by Gasteiger charge is 2.33. The minimum absolute atomic E-state index is 0.0150. The van der Waals surface area contributed by atoms with Crippen LogP contribution in [0.3, 0.4) is 0 Å². The largest absolute Gasteiger partial charge is 0.406 e. The molecule has 4 nitrogen and oxygen atoms in total. The minimum Gasteiger partial charge on any atom is -0.326 e. The van der Waals surface area contributed by atoms with E-state index in [0.717, 1.165) is 0 Å². The summed E-state index contributed by atoms with van der Waals surface area (Å²) in [6.07, 6.45) is -3.33. The van der Waals surface area contributed by atoms with Gasteiger partial charge in [0.05, 0.1) is 10.1 Å². The van der Waals surface area contributed by atoms with Crippen LogP contribution in [0.15, 0.2) is 41.8 Å². The van der Waals surface area contributed by atoms with Crippen LogP contribution in [0.5, 0.6) is 0 Å². The van der Waals surface area contributed by atoms with E-state index in [9.17, 15) is 26.4 Å². The van der Waals surface area contributed by atoms with Crippen molar-refractivity contribution in [2.45, 2.75) is 30.2 Å². The second-order valence-electron chi connectivity index (χ2n) is 5.21. The van der Waals surface area contributed by atoms with Gasteiger partial charge in [0.2, 0.25) is 0 Å². The Morgan fingerprint density at radius 3 is 2.17 bits per heavy atom. The maximum atomic E-state index is 12.5. The summed E-state index contributed by atoms with van der Waals surface area (Å²) in [4.78, 5) is 12.8. The van der Waals surface area contributed by atoms with Crippen molar-refractivity contribution in [1.82, 2.24) is 4.90 Å². The highest BCUT2D eigenvalue weighted by Crippen LogP contribution is 2.20. The summed E-state index contributed by atoms with van der Waals surface area (Å²) in [5.74, 6) is -0.837. The van der Waals surface area contributed by atoms with E-state index in [-0.39, 0.29) is 17.0 Å². The summed E-state index contributed by atoms with van der Waals surface area (Å²) in [6, 6.07) is 4.87. The average Bonchev–Trinajstić information content (AvgIpc) is 2.44. The summed E-state index contributed by atoms with van der Waals surface area (Å²) in [6.45, 7) is 4.71. The lowest BCUT2D eigenvalue weighted by Gasteiger charge is -2.22. The van der Waals surface area contributed by atoms with E-state index in [1.165, 1.54) is 44.2 Å². The molecule has 0 N–H and O–H groups in total. The van der Waals surface area contributed by atoms with Gasteiger partial charge in [-0.25, -0.2) is 8.42 Å². The molecule has 0 aliphatic heterocycles. The van der Waals surface area contributed by atoms with Gasteiger partial charge in [0, 0.05) is 12.1 Å². The molecule has 23 heavy (non-hydrogen) atoms. The molecule has 1 amide bonds. The van der Waals surface area contributed by atoms with Gasteiger partial charge < -0.3 is 4.90 Å². The molecule has 0 spiro atoms. The van der Waals surface area contributed by atoms with E-state index >= 15 is 0 Å². The fourth-order valence-electron chi connectivity index (χ4n) is 1.83. The van der Waals surface area contributed by atoms with Crippen molar-refractivity contribution < 1.29 is 26.4 Å². The Kier molecular flexibility index (Phi) is 5.98. The molecule has 0 aliphatic carbocycles. The molecule has 1 aromatic carbocycles. The molecule has 0 fully saturated rings. The number of hydrogen-bond donors (Lipinski definition) is 0. The summed E-state index contributed by atoms with van der Waals surface area (Å²) < 4.78 is 61.5. The van der Waals surface area contributed by atoms with Crippen molar-refractivity contribution in [2.24, 2.45) is 0 Å². The van der Waals surface area contributed by atoms with Crippen molar-refractivity contribution in [3.63, 3.8) is 0 Å². The lowest BCUT2D eigenvalue weighted by molar-refractivity contribution is -0.139. The Hall–Kier alpha value is -1.83. The minimum atomic E-state index is -4.53. The number of carbonyl (C=O) groups is 1. The van der Waals surface area contributed by atoms with E-state index in [2.05, 4.69) is 6.58 Å². The lowest BCUT2D eigenvalue weighted by atomic mass is 10.2. The predicted molar refractivity (Wildman–Crippen MR) is 80.9 cm³/mol. The quantitative estimate of drug-likeness (QED) is 0.742. The SMILES string of the molecule is C=CCN(CC(F)(F)F)C(=O)c1ccc(S(=O)(=O)C(C)C)cc1. The number of nitrogens with zero attached hydrogens (tertiary/aromatic N) is 1. The summed E-state index contributed by atoms with van der Waals surface area (Å²) in [5.41, 5.74) is -0.0150. The number of halogens is 3. The number of sulfone groups is 1.